The number of hydrogen-bond acceptors (Lipinski definition) is 7. The first-order chi connectivity index (χ1) is 16.3. The minimum atomic E-state index is -1.17. The van der Waals surface area contributed by atoms with Crippen LogP contribution in [0, 0.1) is 5.41 Å². The maximum atomic E-state index is 12.7. The third-order valence-corrected chi connectivity index (χ3v) is 7.55. The summed E-state index contributed by atoms with van der Waals surface area (Å²) in [5.74, 6) is 0.203. The van der Waals surface area contributed by atoms with Crippen LogP contribution in [0.1, 0.15) is 53.7 Å². The smallest absolute Gasteiger partial charge is 0.407 e. The third-order valence-electron chi connectivity index (χ3n) is 7.55. The molecule has 2 fully saturated rings. The van der Waals surface area contributed by atoms with E-state index in [9.17, 15) is 24.9 Å². The van der Waals surface area contributed by atoms with Gasteiger partial charge in [0.2, 0.25) is 0 Å². The largest absolute Gasteiger partial charge is 0.508 e. The van der Waals surface area contributed by atoms with Crippen LogP contribution in [0.4, 0.5) is 10.6 Å². The highest BCUT2D eigenvalue weighted by molar-refractivity contribution is 5.92. The van der Waals surface area contributed by atoms with E-state index in [0.29, 0.717) is 22.8 Å². The van der Waals surface area contributed by atoms with Gasteiger partial charge in [0, 0.05) is 25.2 Å². The molecule has 10 nitrogen and oxygen atoms in total. The number of carbonyl (C=O) groups is 2. The van der Waals surface area contributed by atoms with Gasteiger partial charge in [0.1, 0.15) is 23.6 Å². The van der Waals surface area contributed by atoms with Gasteiger partial charge < -0.3 is 26.0 Å². The van der Waals surface area contributed by atoms with E-state index in [4.69, 9.17) is 0 Å². The molecule has 0 radical (unpaired) electrons. The molecule has 34 heavy (non-hydrogen) atoms. The molecule has 0 bridgehead atoms. The zero-order valence-electron chi connectivity index (χ0n) is 18.8. The number of nitrogens with one attached hydrogen (secondary N) is 2. The Morgan fingerprint density at radius 1 is 1.18 bits per heavy atom. The predicted octanol–water partition coefficient (Wildman–Crippen LogP) is 2.12. The zero-order valence-corrected chi connectivity index (χ0v) is 18.8. The number of hydrogen-bond donors (Lipinski definition) is 5. The molecule has 2 aromatic rings. The van der Waals surface area contributed by atoms with Gasteiger partial charge in [-0.3, -0.25) is 9.69 Å². The van der Waals surface area contributed by atoms with Crippen molar-refractivity contribution < 1.29 is 24.9 Å². The highest BCUT2D eigenvalue weighted by Gasteiger charge is 2.48. The van der Waals surface area contributed by atoms with Crippen molar-refractivity contribution in [2.75, 3.05) is 11.9 Å². The highest BCUT2D eigenvalue weighted by Crippen LogP contribution is 2.56. The molecule has 5 N–H and O–H groups in total. The van der Waals surface area contributed by atoms with Crippen LogP contribution in [-0.4, -0.2) is 66.9 Å². The number of aromatic nitrogens is 2. The fraction of sp³-hybridized carbons (Fsp3) is 0.500. The summed E-state index contributed by atoms with van der Waals surface area (Å²) in [6, 6.07) is 6.04. The van der Waals surface area contributed by atoms with Gasteiger partial charge in [-0.05, 0) is 60.8 Å². The number of aliphatic hydroxyl groups is 1. The van der Waals surface area contributed by atoms with Crippen LogP contribution >= 0.6 is 0 Å². The van der Waals surface area contributed by atoms with Crippen molar-refractivity contribution in [3.8, 4) is 5.75 Å². The van der Waals surface area contributed by atoms with Gasteiger partial charge in [-0.1, -0.05) is 12.5 Å². The zero-order chi connectivity index (χ0) is 23.9. The summed E-state index contributed by atoms with van der Waals surface area (Å²) in [6.07, 6.45) is 5.53. The van der Waals surface area contributed by atoms with Crippen molar-refractivity contribution >= 4 is 17.8 Å². The summed E-state index contributed by atoms with van der Waals surface area (Å²) in [6.45, 7) is -0.0727. The summed E-state index contributed by atoms with van der Waals surface area (Å²) >= 11 is 0. The molecule has 1 aromatic carbocycles. The molecule has 3 aliphatic rings. The number of nitrogens with zero attached hydrogens (tertiary/aromatic N) is 3. The Balaban J connectivity index is 1.18. The second-order valence-corrected chi connectivity index (χ2v) is 9.80. The molecule has 2 heterocycles. The Hall–Kier alpha value is -3.40. The Morgan fingerprint density at radius 2 is 1.97 bits per heavy atom. The number of aliphatic hydroxyl groups excluding tert-OH is 1. The molecule has 1 spiro atoms. The number of aromatic hydroxyl groups is 1. The lowest BCUT2D eigenvalue weighted by atomic mass is 9.54. The lowest BCUT2D eigenvalue weighted by Crippen LogP contribution is -2.53. The van der Waals surface area contributed by atoms with Gasteiger partial charge in [-0.15, -0.1) is 0 Å². The average Bonchev–Trinajstić information content (AvgIpc) is 2.77. The van der Waals surface area contributed by atoms with E-state index in [0.717, 1.165) is 23.3 Å². The molecule has 0 saturated heterocycles. The van der Waals surface area contributed by atoms with Crippen LogP contribution in [0.25, 0.3) is 0 Å². The van der Waals surface area contributed by atoms with Crippen LogP contribution in [0.5, 0.6) is 5.75 Å². The molecule has 2 aliphatic carbocycles. The van der Waals surface area contributed by atoms with Gasteiger partial charge in [0.05, 0.1) is 12.1 Å². The second-order valence-electron chi connectivity index (χ2n) is 9.80. The number of carbonyl (C=O) groups excluding carboxylic acids is 1. The third kappa shape index (κ3) is 4.37. The summed E-state index contributed by atoms with van der Waals surface area (Å²) in [5.41, 5.74) is 2.27. The van der Waals surface area contributed by atoms with Crippen molar-refractivity contribution in [1.82, 2.24) is 20.2 Å². The molecule has 5 rings (SSSR count). The fourth-order valence-corrected chi connectivity index (χ4v) is 5.51. The topological polar surface area (TPSA) is 148 Å². The lowest BCUT2D eigenvalue weighted by Gasteiger charge is -2.54. The number of phenolic OH excluding ortho intramolecular Hbond substituents is 1. The quantitative estimate of drug-likeness (QED) is 0.434. The summed E-state index contributed by atoms with van der Waals surface area (Å²) in [5, 5.41) is 36.1. The normalized spacial score (nSPS) is 21.7. The Labute approximate surface area is 197 Å². The van der Waals surface area contributed by atoms with Gasteiger partial charge in [-0.25, -0.2) is 14.8 Å². The van der Waals surface area contributed by atoms with Crippen LogP contribution in [0.3, 0.4) is 0 Å². The van der Waals surface area contributed by atoms with Crippen molar-refractivity contribution in [3.63, 3.8) is 0 Å². The number of carboxylic acid groups (broad SMARTS) is 1. The summed E-state index contributed by atoms with van der Waals surface area (Å²) in [4.78, 5) is 33.9. The van der Waals surface area contributed by atoms with Gasteiger partial charge in [0.15, 0.2) is 0 Å². The molecule has 2 atom stereocenters. The van der Waals surface area contributed by atoms with Crippen LogP contribution in [0.15, 0.2) is 30.6 Å². The monoisotopic (exact) mass is 467 g/mol. The summed E-state index contributed by atoms with van der Waals surface area (Å²) in [7, 11) is 0. The average molecular weight is 468 g/mol. The van der Waals surface area contributed by atoms with Crippen molar-refractivity contribution in [3.05, 3.63) is 47.4 Å². The van der Waals surface area contributed by atoms with Gasteiger partial charge in [-0.2, -0.15) is 0 Å². The molecule has 0 unspecified atom stereocenters. The highest BCUT2D eigenvalue weighted by atomic mass is 16.4. The Morgan fingerprint density at radius 3 is 2.68 bits per heavy atom. The van der Waals surface area contributed by atoms with E-state index in [1.165, 1.54) is 37.7 Å². The SMILES string of the molecule is O=C(NC[C@@H](O)[C@@H]1Cc2ccc(O)cc2CN1C(=O)O)c1cc(NC2CC3(CCC3)C2)ncn1. The first-order valence-electron chi connectivity index (χ1n) is 11.7. The van der Waals surface area contributed by atoms with Crippen molar-refractivity contribution in [1.29, 1.82) is 0 Å². The number of rotatable bonds is 6. The molecule has 1 aromatic heterocycles. The fourth-order valence-electron chi connectivity index (χ4n) is 5.51. The molecule has 2 amide bonds. The van der Waals surface area contributed by atoms with Crippen molar-refractivity contribution in [2.24, 2.45) is 5.41 Å². The second kappa shape index (κ2) is 8.75. The molecular weight excluding hydrogens is 438 g/mol. The van der Waals surface area contributed by atoms with E-state index < -0.39 is 24.1 Å². The van der Waals surface area contributed by atoms with Gasteiger partial charge in [0.25, 0.3) is 5.91 Å². The van der Waals surface area contributed by atoms with E-state index in [-0.39, 0.29) is 31.0 Å². The minimum absolute atomic E-state index is 0.0537. The Kier molecular flexibility index (Phi) is 5.76. The van der Waals surface area contributed by atoms with Crippen LogP contribution in [0.2, 0.25) is 0 Å². The standard InChI is InChI=1S/C24H29N5O5/c30-17-3-2-14-7-19(29(23(33)34)12-15(14)6-17)20(31)11-25-22(32)18-8-21(27-13-26-18)28-16-9-24(10-16)4-1-5-24/h2-3,6,8,13,16,19-20,30-31H,1,4-5,7,9-12H2,(H,25,32)(H,33,34)(H,26,27,28)/t19-,20+/m0/s1. The first-order valence-corrected chi connectivity index (χ1v) is 11.7. The number of benzene rings is 1. The van der Waals surface area contributed by atoms with E-state index in [2.05, 4.69) is 20.6 Å². The number of fused-ring (bicyclic) bond motifs is 1. The van der Waals surface area contributed by atoms with E-state index >= 15 is 0 Å². The molecule has 10 heteroatoms. The summed E-state index contributed by atoms with van der Waals surface area (Å²) < 4.78 is 0. The number of anilines is 1. The van der Waals surface area contributed by atoms with Crippen LogP contribution in [-0.2, 0) is 13.0 Å². The van der Waals surface area contributed by atoms with Gasteiger partial charge >= 0.3 is 6.09 Å². The lowest BCUT2D eigenvalue weighted by molar-refractivity contribution is 0.0191. The van der Waals surface area contributed by atoms with Crippen molar-refractivity contribution in [2.45, 2.75) is 63.3 Å². The Bertz CT molecular complexity index is 1100. The number of phenols is 1. The molecular formula is C24H29N5O5. The van der Waals surface area contributed by atoms with E-state index in [1.54, 1.807) is 12.1 Å². The first kappa shape index (κ1) is 22.4. The maximum absolute atomic E-state index is 12.7. The predicted molar refractivity (Wildman–Crippen MR) is 122 cm³/mol. The van der Waals surface area contributed by atoms with Crippen LogP contribution < -0.4 is 10.6 Å². The molecule has 180 valence electrons. The maximum Gasteiger partial charge on any atom is 0.407 e. The molecule has 2 saturated carbocycles. The number of amides is 2. The minimum Gasteiger partial charge on any atom is -0.508 e. The molecule has 1 aliphatic heterocycles. The van der Waals surface area contributed by atoms with E-state index in [1.807, 2.05) is 0 Å².